The average Bonchev–Trinajstić information content (AvgIpc) is 3.43. The number of ketones is 1. The molecule has 38 heavy (non-hydrogen) atoms. The third kappa shape index (κ3) is 4.10. The van der Waals surface area contributed by atoms with Gasteiger partial charge in [0.1, 0.15) is 11.5 Å². The van der Waals surface area contributed by atoms with E-state index in [0.717, 1.165) is 0 Å². The second-order valence-electron chi connectivity index (χ2n) is 8.73. The molecule has 194 valence electrons. The van der Waals surface area contributed by atoms with E-state index in [1.165, 1.54) is 24.1 Å². The topological polar surface area (TPSA) is 125 Å². The highest BCUT2D eigenvalue weighted by molar-refractivity contribution is 6.51. The number of imidazole rings is 1. The monoisotopic (exact) mass is 533 g/mol. The van der Waals surface area contributed by atoms with Crippen LogP contribution in [0.5, 0.6) is 17.2 Å². The van der Waals surface area contributed by atoms with Gasteiger partial charge in [-0.25, -0.2) is 4.98 Å². The van der Waals surface area contributed by atoms with E-state index >= 15 is 0 Å². The maximum absolute atomic E-state index is 13.5. The fraction of sp³-hybridized carbons (Fsp3) is 0.179. The summed E-state index contributed by atoms with van der Waals surface area (Å²) in [5.41, 5.74) is 2.35. The van der Waals surface area contributed by atoms with Crippen LogP contribution in [-0.2, 0) is 9.59 Å². The summed E-state index contributed by atoms with van der Waals surface area (Å²) in [7, 11) is 1.39. The van der Waals surface area contributed by atoms with Crippen LogP contribution in [0.2, 0.25) is 5.02 Å². The fourth-order valence-electron chi connectivity index (χ4n) is 4.65. The van der Waals surface area contributed by atoms with Gasteiger partial charge in [-0.3, -0.25) is 14.5 Å². The number of nitrogens with one attached hydrogen (secondary N) is 1. The molecule has 3 aromatic carbocycles. The zero-order valence-corrected chi connectivity index (χ0v) is 21.5. The number of anilines is 1. The Labute approximate surface area is 222 Å². The van der Waals surface area contributed by atoms with Gasteiger partial charge in [-0.1, -0.05) is 29.8 Å². The number of ether oxygens (including phenoxy) is 2. The van der Waals surface area contributed by atoms with E-state index in [2.05, 4.69) is 9.97 Å². The number of aliphatic hydroxyl groups excluding tert-OH is 1. The van der Waals surface area contributed by atoms with Crippen LogP contribution in [0.25, 0.3) is 16.8 Å². The minimum Gasteiger partial charge on any atom is -0.507 e. The van der Waals surface area contributed by atoms with Crippen molar-refractivity contribution < 1.29 is 29.3 Å². The summed E-state index contributed by atoms with van der Waals surface area (Å²) < 4.78 is 11.0. The molecular formula is C28H24ClN3O6. The van der Waals surface area contributed by atoms with Crippen molar-refractivity contribution >= 4 is 46.0 Å². The largest absolute Gasteiger partial charge is 0.507 e. The van der Waals surface area contributed by atoms with Gasteiger partial charge in [-0.05, 0) is 61.4 Å². The summed E-state index contributed by atoms with van der Waals surface area (Å²) in [4.78, 5) is 35.9. The lowest BCUT2D eigenvalue weighted by atomic mass is 9.94. The van der Waals surface area contributed by atoms with Crippen molar-refractivity contribution in [2.75, 3.05) is 18.6 Å². The molecule has 2 heterocycles. The molecule has 1 atom stereocenters. The number of phenolic OH excluding ortho intramolecular Hbond substituents is 1. The first-order chi connectivity index (χ1) is 18.2. The minimum atomic E-state index is -1.11. The zero-order valence-electron chi connectivity index (χ0n) is 20.8. The number of aliphatic hydroxyl groups is 1. The number of para-hydroxylation sites is 2. The van der Waals surface area contributed by atoms with E-state index in [-0.39, 0.29) is 46.0 Å². The molecule has 1 aliphatic heterocycles. The Bertz CT molecular complexity index is 1590. The van der Waals surface area contributed by atoms with Crippen molar-refractivity contribution in [3.8, 4) is 17.2 Å². The molecule has 0 bridgehead atoms. The summed E-state index contributed by atoms with van der Waals surface area (Å²) in [6.07, 6.45) is 0. The molecule has 3 N–H and O–H groups in total. The molecule has 9 nitrogen and oxygen atoms in total. The third-order valence-electron chi connectivity index (χ3n) is 6.30. The van der Waals surface area contributed by atoms with Gasteiger partial charge in [0.15, 0.2) is 11.5 Å². The van der Waals surface area contributed by atoms with E-state index in [1.54, 1.807) is 50.2 Å². The van der Waals surface area contributed by atoms with Gasteiger partial charge in [0.2, 0.25) is 5.95 Å². The number of methoxy groups -OCH3 is 1. The molecule has 0 radical (unpaired) electrons. The number of halogens is 1. The average molecular weight is 534 g/mol. The number of fused-ring (bicyclic) bond motifs is 1. The molecule has 10 heteroatoms. The first kappa shape index (κ1) is 25.2. The number of Topliss-reactive ketones (excluding diaryl/α,β-unsaturated/α-hetero) is 1. The van der Waals surface area contributed by atoms with Gasteiger partial charge >= 0.3 is 5.91 Å². The van der Waals surface area contributed by atoms with E-state index in [1.807, 2.05) is 6.07 Å². The van der Waals surface area contributed by atoms with Crippen LogP contribution in [-0.4, -0.2) is 45.6 Å². The Morgan fingerprint density at radius 1 is 1.16 bits per heavy atom. The van der Waals surface area contributed by atoms with Crippen LogP contribution < -0.4 is 14.4 Å². The molecule has 1 saturated heterocycles. The summed E-state index contributed by atoms with van der Waals surface area (Å²) in [5.74, 6) is -1.93. The Hall–Kier alpha value is -4.50. The number of hydrogen-bond donors (Lipinski definition) is 3. The molecule has 1 amide bonds. The van der Waals surface area contributed by atoms with Gasteiger partial charge in [0, 0.05) is 0 Å². The number of aromatic amines is 1. The summed E-state index contributed by atoms with van der Waals surface area (Å²) in [5, 5.41) is 22.1. The number of rotatable bonds is 6. The van der Waals surface area contributed by atoms with Crippen molar-refractivity contribution in [3.63, 3.8) is 0 Å². The first-order valence-electron chi connectivity index (χ1n) is 11.8. The van der Waals surface area contributed by atoms with Crippen molar-refractivity contribution in [2.24, 2.45) is 0 Å². The number of aromatic hydroxyl groups is 1. The Kier molecular flexibility index (Phi) is 6.46. The number of hydrogen-bond acceptors (Lipinski definition) is 7. The highest BCUT2D eigenvalue weighted by atomic mass is 35.5. The Morgan fingerprint density at radius 3 is 2.63 bits per heavy atom. The summed E-state index contributed by atoms with van der Waals surface area (Å²) >= 11 is 6.37. The molecule has 0 saturated carbocycles. The van der Waals surface area contributed by atoms with E-state index < -0.39 is 23.5 Å². The Balaban J connectivity index is 1.79. The molecule has 4 aromatic rings. The van der Waals surface area contributed by atoms with Crippen LogP contribution >= 0.6 is 11.6 Å². The fourth-order valence-corrected chi connectivity index (χ4v) is 5.00. The molecular weight excluding hydrogens is 510 g/mol. The molecule has 1 aromatic heterocycles. The number of phenols is 1. The number of benzene rings is 3. The number of aromatic nitrogens is 2. The Morgan fingerprint density at radius 2 is 1.92 bits per heavy atom. The predicted molar refractivity (Wildman–Crippen MR) is 143 cm³/mol. The van der Waals surface area contributed by atoms with Gasteiger partial charge in [-0.2, -0.15) is 0 Å². The summed E-state index contributed by atoms with van der Waals surface area (Å²) in [6.45, 7) is 3.82. The molecule has 1 aliphatic rings. The van der Waals surface area contributed by atoms with Crippen LogP contribution in [0.1, 0.15) is 29.7 Å². The van der Waals surface area contributed by atoms with Crippen LogP contribution in [0.3, 0.4) is 0 Å². The van der Waals surface area contributed by atoms with E-state index in [4.69, 9.17) is 21.1 Å². The van der Waals surface area contributed by atoms with Gasteiger partial charge in [0.05, 0.1) is 47.0 Å². The van der Waals surface area contributed by atoms with Crippen molar-refractivity contribution in [3.05, 3.63) is 81.9 Å². The molecule has 0 spiro atoms. The van der Waals surface area contributed by atoms with Crippen LogP contribution in [0.15, 0.2) is 60.2 Å². The van der Waals surface area contributed by atoms with Crippen LogP contribution in [0, 0.1) is 6.92 Å². The lowest BCUT2D eigenvalue weighted by Crippen LogP contribution is -2.30. The quantitative estimate of drug-likeness (QED) is 0.175. The number of nitrogens with zero attached hydrogens (tertiary/aromatic N) is 2. The number of carbonyl (C=O) groups is 2. The van der Waals surface area contributed by atoms with Gasteiger partial charge < -0.3 is 24.7 Å². The molecule has 1 unspecified atom stereocenters. The minimum absolute atomic E-state index is 0.108. The van der Waals surface area contributed by atoms with Crippen LogP contribution in [0.4, 0.5) is 5.95 Å². The maximum atomic E-state index is 13.5. The molecule has 1 fully saturated rings. The smallest absolute Gasteiger partial charge is 0.302 e. The second kappa shape index (κ2) is 9.75. The molecule has 0 aliphatic carbocycles. The molecule has 5 rings (SSSR count). The third-order valence-corrected chi connectivity index (χ3v) is 6.58. The lowest BCUT2D eigenvalue weighted by molar-refractivity contribution is -0.132. The van der Waals surface area contributed by atoms with Crippen molar-refractivity contribution in [1.29, 1.82) is 0 Å². The maximum Gasteiger partial charge on any atom is 0.302 e. The number of amides is 1. The first-order valence-corrected chi connectivity index (χ1v) is 12.2. The van der Waals surface area contributed by atoms with Crippen molar-refractivity contribution in [1.82, 2.24) is 9.97 Å². The normalized spacial score (nSPS) is 16.8. The van der Waals surface area contributed by atoms with Crippen molar-refractivity contribution in [2.45, 2.75) is 19.9 Å². The zero-order chi connectivity index (χ0) is 27.1. The lowest BCUT2D eigenvalue weighted by Gasteiger charge is -2.24. The highest BCUT2D eigenvalue weighted by Gasteiger charge is 2.48. The van der Waals surface area contributed by atoms with Gasteiger partial charge in [0.25, 0.3) is 5.78 Å². The number of carbonyl (C=O) groups excluding carboxylic acids is 2. The number of H-pyrrole nitrogens is 1. The number of aryl methyl sites for hydroxylation is 1. The second-order valence-corrected chi connectivity index (χ2v) is 9.14. The standard InChI is InChI=1S/C28H24ClN3O6/c1-4-38-21-13-15(9-10-20(21)33)23-22(24(34)16-11-14(2)12-17(29)26(16)37-3)25(35)27(36)32(23)28-30-18-7-5-6-8-19(18)31-28/h5-13,23,33-34H,4H2,1-3H3,(H,30,31)/b24-22+. The highest BCUT2D eigenvalue weighted by Crippen LogP contribution is 2.45. The van der Waals surface area contributed by atoms with E-state index in [0.29, 0.717) is 22.2 Å². The predicted octanol–water partition coefficient (Wildman–Crippen LogP) is 5.26. The van der Waals surface area contributed by atoms with E-state index in [9.17, 15) is 19.8 Å². The SMILES string of the molecule is CCOc1cc(C2/C(=C(\O)c3cc(C)cc(Cl)c3OC)C(=O)C(=O)N2c2nc3ccccc3[nH]2)ccc1O. The van der Waals surface area contributed by atoms with Gasteiger partial charge in [-0.15, -0.1) is 0 Å². The summed E-state index contributed by atoms with van der Waals surface area (Å²) in [6, 6.07) is 13.8.